The highest BCUT2D eigenvalue weighted by atomic mass is 16.1. The summed E-state index contributed by atoms with van der Waals surface area (Å²) < 4.78 is 0. The minimum atomic E-state index is 0.105. The lowest BCUT2D eigenvalue weighted by Crippen LogP contribution is -1.99. The third-order valence-electron chi connectivity index (χ3n) is 3.73. The molecule has 0 atom stereocenters. The van der Waals surface area contributed by atoms with Crippen LogP contribution in [0.2, 0.25) is 0 Å². The van der Waals surface area contributed by atoms with Gasteiger partial charge in [-0.3, -0.25) is 4.79 Å². The van der Waals surface area contributed by atoms with E-state index in [0.717, 1.165) is 42.4 Å². The van der Waals surface area contributed by atoms with Crippen LogP contribution in [0, 0.1) is 0 Å². The zero-order valence-electron chi connectivity index (χ0n) is 13.7. The SMILES string of the molecule is CCCCCC(=Cc1ccccc1)C(=O)C=Cc1ccccc1. The van der Waals surface area contributed by atoms with Gasteiger partial charge in [-0.15, -0.1) is 0 Å². The average Bonchev–Trinajstić information content (AvgIpc) is 2.61. The summed E-state index contributed by atoms with van der Waals surface area (Å²) in [6, 6.07) is 20.0. The molecule has 0 saturated heterocycles. The molecule has 0 bridgehead atoms. The zero-order valence-corrected chi connectivity index (χ0v) is 13.7. The maximum Gasteiger partial charge on any atom is 0.181 e. The molecule has 0 saturated carbocycles. The number of hydrogen-bond acceptors (Lipinski definition) is 1. The Kier molecular flexibility index (Phi) is 7.06. The van der Waals surface area contributed by atoms with Crippen LogP contribution in [0.25, 0.3) is 12.2 Å². The van der Waals surface area contributed by atoms with Gasteiger partial charge in [-0.2, -0.15) is 0 Å². The molecule has 118 valence electrons. The van der Waals surface area contributed by atoms with Gasteiger partial charge in [0.1, 0.15) is 0 Å². The Morgan fingerprint density at radius 2 is 1.48 bits per heavy atom. The first-order chi connectivity index (χ1) is 11.3. The number of carbonyl (C=O) groups is 1. The smallest absolute Gasteiger partial charge is 0.181 e. The summed E-state index contributed by atoms with van der Waals surface area (Å²) in [5, 5.41) is 0. The van der Waals surface area contributed by atoms with Crippen molar-refractivity contribution in [2.45, 2.75) is 32.6 Å². The predicted octanol–water partition coefficient (Wildman–Crippen LogP) is 5.93. The molecule has 0 radical (unpaired) electrons. The van der Waals surface area contributed by atoms with Gasteiger partial charge < -0.3 is 0 Å². The number of unbranched alkanes of at least 4 members (excludes halogenated alkanes) is 2. The highest BCUT2D eigenvalue weighted by Crippen LogP contribution is 2.16. The van der Waals surface area contributed by atoms with Crippen LogP contribution >= 0.6 is 0 Å². The molecule has 1 nitrogen and oxygen atoms in total. The van der Waals surface area contributed by atoms with Crippen molar-refractivity contribution >= 4 is 17.9 Å². The van der Waals surface area contributed by atoms with Gasteiger partial charge in [0.15, 0.2) is 5.78 Å². The fourth-order valence-electron chi connectivity index (χ4n) is 2.43. The summed E-state index contributed by atoms with van der Waals surface area (Å²) in [7, 11) is 0. The molecule has 2 aromatic carbocycles. The van der Waals surface area contributed by atoms with E-state index >= 15 is 0 Å². The molecule has 0 aromatic heterocycles. The van der Waals surface area contributed by atoms with Crippen LogP contribution in [0.1, 0.15) is 43.7 Å². The Bertz CT molecular complexity index is 651. The van der Waals surface area contributed by atoms with Gasteiger partial charge in [0, 0.05) is 5.57 Å². The summed E-state index contributed by atoms with van der Waals surface area (Å²) >= 11 is 0. The highest BCUT2D eigenvalue weighted by Gasteiger charge is 2.06. The van der Waals surface area contributed by atoms with Crippen molar-refractivity contribution in [3.8, 4) is 0 Å². The van der Waals surface area contributed by atoms with Gasteiger partial charge in [-0.05, 0) is 36.1 Å². The van der Waals surface area contributed by atoms with E-state index in [1.54, 1.807) is 6.08 Å². The lowest BCUT2D eigenvalue weighted by atomic mass is 10.00. The third kappa shape index (κ3) is 6.07. The first-order valence-corrected chi connectivity index (χ1v) is 8.32. The summed E-state index contributed by atoms with van der Waals surface area (Å²) in [6.45, 7) is 2.18. The quantitative estimate of drug-likeness (QED) is 0.436. The van der Waals surface area contributed by atoms with Gasteiger partial charge in [-0.25, -0.2) is 0 Å². The number of carbonyl (C=O) groups excluding carboxylic acids is 1. The van der Waals surface area contributed by atoms with Gasteiger partial charge in [0.2, 0.25) is 0 Å². The lowest BCUT2D eigenvalue weighted by Gasteiger charge is -2.04. The molecule has 0 N–H and O–H groups in total. The normalized spacial score (nSPS) is 11.8. The number of allylic oxidation sites excluding steroid dienone is 2. The molecule has 1 heteroatoms. The fraction of sp³-hybridized carbons (Fsp3) is 0.227. The van der Waals surface area contributed by atoms with Crippen molar-refractivity contribution in [1.82, 2.24) is 0 Å². The molecule has 0 aliphatic carbocycles. The number of ketones is 1. The third-order valence-corrected chi connectivity index (χ3v) is 3.73. The Labute approximate surface area is 139 Å². The Hall–Kier alpha value is -2.41. The first kappa shape index (κ1) is 17.0. The van der Waals surface area contributed by atoms with Crippen LogP contribution < -0.4 is 0 Å². The second kappa shape index (κ2) is 9.58. The molecule has 0 aliphatic rings. The van der Waals surface area contributed by atoms with Crippen molar-refractivity contribution in [1.29, 1.82) is 0 Å². The van der Waals surface area contributed by atoms with E-state index in [9.17, 15) is 4.79 Å². The molecule has 0 amide bonds. The van der Waals surface area contributed by atoms with Gasteiger partial charge in [0.05, 0.1) is 0 Å². The summed E-state index contributed by atoms with van der Waals surface area (Å²) in [4.78, 5) is 12.6. The van der Waals surface area contributed by atoms with Crippen LogP contribution in [-0.2, 0) is 4.79 Å². The van der Waals surface area contributed by atoms with Gasteiger partial charge in [-0.1, -0.05) is 86.5 Å². The molecule has 0 unspecified atom stereocenters. The zero-order chi connectivity index (χ0) is 16.3. The number of benzene rings is 2. The van der Waals surface area contributed by atoms with E-state index in [1.807, 2.05) is 72.8 Å². The monoisotopic (exact) mass is 304 g/mol. The van der Waals surface area contributed by atoms with Crippen LogP contribution in [0.4, 0.5) is 0 Å². The summed E-state index contributed by atoms with van der Waals surface area (Å²) in [5.41, 5.74) is 3.02. The standard InChI is InChI=1S/C22H24O/c1-2-3-6-15-21(18-20-13-9-5-10-14-20)22(23)17-16-19-11-7-4-8-12-19/h4-5,7-14,16-18H,2-3,6,15H2,1H3. The van der Waals surface area contributed by atoms with Crippen molar-refractivity contribution in [2.24, 2.45) is 0 Å². The van der Waals surface area contributed by atoms with E-state index in [0.29, 0.717) is 0 Å². The topological polar surface area (TPSA) is 17.1 Å². The van der Waals surface area contributed by atoms with E-state index in [2.05, 4.69) is 6.92 Å². The van der Waals surface area contributed by atoms with Gasteiger partial charge in [0.25, 0.3) is 0 Å². The number of hydrogen-bond donors (Lipinski definition) is 0. The molecule has 0 fully saturated rings. The van der Waals surface area contributed by atoms with Crippen molar-refractivity contribution in [3.05, 3.63) is 83.4 Å². The van der Waals surface area contributed by atoms with Crippen LogP contribution in [0.3, 0.4) is 0 Å². The molecule has 0 spiro atoms. The second-order valence-corrected chi connectivity index (χ2v) is 5.65. The van der Waals surface area contributed by atoms with Crippen molar-refractivity contribution in [3.63, 3.8) is 0 Å². The van der Waals surface area contributed by atoms with E-state index in [1.165, 1.54) is 0 Å². The molecule has 2 aromatic rings. The highest BCUT2D eigenvalue weighted by molar-refractivity contribution is 6.09. The molecule has 0 aliphatic heterocycles. The Morgan fingerprint density at radius 3 is 2.09 bits per heavy atom. The Morgan fingerprint density at radius 1 is 0.870 bits per heavy atom. The van der Waals surface area contributed by atoms with E-state index in [4.69, 9.17) is 0 Å². The van der Waals surface area contributed by atoms with Crippen molar-refractivity contribution < 1.29 is 4.79 Å². The maximum atomic E-state index is 12.6. The van der Waals surface area contributed by atoms with Crippen LogP contribution in [0.15, 0.2) is 72.3 Å². The van der Waals surface area contributed by atoms with Crippen molar-refractivity contribution in [2.75, 3.05) is 0 Å². The molecule has 0 heterocycles. The van der Waals surface area contributed by atoms with Crippen LogP contribution in [0.5, 0.6) is 0 Å². The van der Waals surface area contributed by atoms with E-state index in [-0.39, 0.29) is 5.78 Å². The maximum absolute atomic E-state index is 12.6. The molecular formula is C22H24O. The van der Waals surface area contributed by atoms with Gasteiger partial charge >= 0.3 is 0 Å². The first-order valence-electron chi connectivity index (χ1n) is 8.32. The largest absolute Gasteiger partial charge is 0.290 e. The molecule has 2 rings (SSSR count). The lowest BCUT2D eigenvalue weighted by molar-refractivity contribution is -0.111. The number of rotatable bonds is 8. The molecular weight excluding hydrogens is 280 g/mol. The Balaban J connectivity index is 2.14. The fourth-order valence-corrected chi connectivity index (χ4v) is 2.43. The second-order valence-electron chi connectivity index (χ2n) is 5.65. The van der Waals surface area contributed by atoms with E-state index < -0.39 is 0 Å². The molecule has 23 heavy (non-hydrogen) atoms. The average molecular weight is 304 g/mol. The minimum Gasteiger partial charge on any atom is -0.290 e. The summed E-state index contributed by atoms with van der Waals surface area (Å²) in [6.07, 6.45) is 9.81. The summed E-state index contributed by atoms with van der Waals surface area (Å²) in [5.74, 6) is 0.105. The minimum absolute atomic E-state index is 0.105. The van der Waals surface area contributed by atoms with Crippen LogP contribution in [-0.4, -0.2) is 5.78 Å². The predicted molar refractivity (Wildman–Crippen MR) is 99.0 cm³/mol.